The molecule has 1 heterocycles. The van der Waals surface area contributed by atoms with E-state index in [4.69, 9.17) is 0 Å². The van der Waals surface area contributed by atoms with Crippen molar-refractivity contribution >= 4 is 33.4 Å². The molecule has 0 saturated carbocycles. The summed E-state index contributed by atoms with van der Waals surface area (Å²) in [6, 6.07) is 3.10. The third-order valence-electron chi connectivity index (χ3n) is 2.18. The maximum Gasteiger partial charge on any atom is 0.416 e. The molecule has 2 nitrogen and oxygen atoms in total. The molecule has 0 aliphatic carbocycles. The van der Waals surface area contributed by atoms with Gasteiger partial charge in [-0.05, 0) is 40.8 Å². The zero-order valence-electron chi connectivity index (χ0n) is 7.73. The maximum atomic E-state index is 12.5. The van der Waals surface area contributed by atoms with E-state index in [9.17, 15) is 18.0 Å². The van der Waals surface area contributed by atoms with Crippen LogP contribution >= 0.6 is 22.6 Å². The van der Waals surface area contributed by atoms with E-state index in [1.165, 1.54) is 12.3 Å². The average Bonchev–Trinajstić information content (AvgIpc) is 2.22. The first-order chi connectivity index (χ1) is 7.39. The van der Waals surface area contributed by atoms with Gasteiger partial charge in [0.2, 0.25) is 0 Å². The molecule has 0 saturated heterocycles. The molecule has 0 aliphatic heterocycles. The van der Waals surface area contributed by atoms with Crippen LogP contribution in [0.15, 0.2) is 29.2 Å². The van der Waals surface area contributed by atoms with Crippen LogP contribution in [0.1, 0.15) is 5.56 Å². The zero-order valence-corrected chi connectivity index (χ0v) is 9.89. The van der Waals surface area contributed by atoms with Crippen LogP contribution in [0.4, 0.5) is 13.2 Å². The van der Waals surface area contributed by atoms with E-state index in [1.807, 2.05) is 22.6 Å². The molecule has 2 aromatic rings. The number of fused-ring (bicyclic) bond motifs is 1. The fourth-order valence-electron chi connectivity index (χ4n) is 1.40. The molecule has 2 rings (SSSR count). The van der Waals surface area contributed by atoms with Crippen LogP contribution in [0.5, 0.6) is 0 Å². The molecule has 0 aliphatic rings. The molecule has 6 heteroatoms. The molecule has 0 amide bonds. The number of nitrogens with one attached hydrogen (secondary N) is 1. The summed E-state index contributed by atoms with van der Waals surface area (Å²) in [7, 11) is 0. The highest BCUT2D eigenvalue weighted by molar-refractivity contribution is 14.1. The largest absolute Gasteiger partial charge is 0.416 e. The summed E-state index contributed by atoms with van der Waals surface area (Å²) in [6.07, 6.45) is -2.99. The highest BCUT2D eigenvalue weighted by Gasteiger charge is 2.30. The third-order valence-corrected chi connectivity index (χ3v) is 3.07. The van der Waals surface area contributed by atoms with Gasteiger partial charge in [-0.15, -0.1) is 0 Å². The van der Waals surface area contributed by atoms with Gasteiger partial charge >= 0.3 is 6.18 Å². The smallest absolute Gasteiger partial charge is 0.327 e. The maximum absolute atomic E-state index is 12.5. The van der Waals surface area contributed by atoms with Gasteiger partial charge in [-0.1, -0.05) is 0 Å². The Hall–Kier alpha value is -1.05. The lowest BCUT2D eigenvalue weighted by Gasteiger charge is -2.07. The Kier molecular flexibility index (Phi) is 2.69. The van der Waals surface area contributed by atoms with Gasteiger partial charge in [0.15, 0.2) is 0 Å². The fraction of sp³-hybridized carbons (Fsp3) is 0.100. The zero-order chi connectivity index (χ0) is 11.9. The summed E-state index contributed by atoms with van der Waals surface area (Å²) in [4.78, 5) is 13.8. The number of hydrogen-bond acceptors (Lipinski definition) is 1. The van der Waals surface area contributed by atoms with Crippen molar-refractivity contribution in [2.45, 2.75) is 6.18 Å². The first kappa shape index (κ1) is 11.4. The number of hydrogen-bond donors (Lipinski definition) is 1. The number of pyridine rings is 1. The lowest BCUT2D eigenvalue weighted by molar-refractivity contribution is -0.137. The topological polar surface area (TPSA) is 32.9 Å². The van der Waals surface area contributed by atoms with E-state index >= 15 is 0 Å². The molecule has 1 N–H and O–H groups in total. The lowest BCUT2D eigenvalue weighted by Crippen LogP contribution is -2.09. The molecule has 1 aromatic heterocycles. The minimum absolute atomic E-state index is 0.264. The van der Waals surface area contributed by atoms with Crippen molar-refractivity contribution in [1.29, 1.82) is 0 Å². The molecule has 1 aromatic carbocycles. The Labute approximate surface area is 102 Å². The van der Waals surface area contributed by atoms with E-state index in [0.29, 0.717) is 8.96 Å². The quantitative estimate of drug-likeness (QED) is 0.735. The standard InChI is InChI=1S/C10H5F3INO/c11-10(12,13)5-1-2-6-7(3-5)8(14)4-15-9(6)16/h1-4H,(H,15,16). The van der Waals surface area contributed by atoms with Gasteiger partial charge in [0.25, 0.3) is 5.56 Å². The summed E-state index contributed by atoms with van der Waals surface area (Å²) >= 11 is 1.88. The lowest BCUT2D eigenvalue weighted by atomic mass is 10.1. The minimum Gasteiger partial charge on any atom is -0.327 e. The van der Waals surface area contributed by atoms with Crippen LogP contribution in [-0.2, 0) is 6.18 Å². The van der Waals surface area contributed by atoms with Gasteiger partial charge in [-0.3, -0.25) is 4.79 Å². The molecule has 84 valence electrons. The highest BCUT2D eigenvalue weighted by Crippen LogP contribution is 2.31. The summed E-state index contributed by atoms with van der Waals surface area (Å²) in [5, 5.41) is 0.582. The van der Waals surface area contributed by atoms with Gasteiger partial charge in [-0.25, -0.2) is 0 Å². The predicted molar refractivity (Wildman–Crippen MR) is 62.3 cm³/mol. The molecular formula is C10H5F3INO. The molecule has 0 bridgehead atoms. The predicted octanol–water partition coefficient (Wildman–Crippen LogP) is 3.15. The van der Waals surface area contributed by atoms with Crippen molar-refractivity contribution in [3.8, 4) is 0 Å². The van der Waals surface area contributed by atoms with Crippen molar-refractivity contribution in [2.24, 2.45) is 0 Å². The Morgan fingerprint density at radius 2 is 1.88 bits per heavy atom. The molecule has 0 radical (unpaired) electrons. The van der Waals surface area contributed by atoms with Gasteiger partial charge in [0.05, 0.1) is 5.56 Å². The second-order valence-corrected chi connectivity index (χ2v) is 4.39. The summed E-state index contributed by atoms with van der Waals surface area (Å²) in [5.74, 6) is 0. The van der Waals surface area contributed by atoms with Crippen LogP contribution in [0.25, 0.3) is 10.8 Å². The van der Waals surface area contributed by atoms with Crippen LogP contribution in [0.2, 0.25) is 0 Å². The van der Waals surface area contributed by atoms with E-state index < -0.39 is 11.7 Å². The van der Waals surface area contributed by atoms with Crippen molar-refractivity contribution in [3.05, 3.63) is 43.9 Å². The number of H-pyrrole nitrogens is 1. The summed E-state index contributed by atoms with van der Waals surface area (Å²) in [5.41, 5.74) is -1.13. The second kappa shape index (κ2) is 3.76. The highest BCUT2D eigenvalue weighted by atomic mass is 127. The average molecular weight is 339 g/mol. The SMILES string of the molecule is O=c1[nH]cc(I)c2cc(C(F)(F)F)ccc12. The first-order valence-corrected chi connectivity index (χ1v) is 5.35. The minimum atomic E-state index is -4.39. The van der Waals surface area contributed by atoms with Gasteiger partial charge in [-0.2, -0.15) is 13.2 Å². The molecule has 0 atom stereocenters. The van der Waals surface area contributed by atoms with Crippen LogP contribution in [0, 0.1) is 3.57 Å². The van der Waals surface area contributed by atoms with Crippen molar-refractivity contribution < 1.29 is 13.2 Å². The van der Waals surface area contributed by atoms with Crippen molar-refractivity contribution in [3.63, 3.8) is 0 Å². The van der Waals surface area contributed by atoms with E-state index in [-0.39, 0.29) is 10.9 Å². The Morgan fingerprint density at radius 1 is 1.19 bits per heavy atom. The van der Waals surface area contributed by atoms with Crippen molar-refractivity contribution in [2.75, 3.05) is 0 Å². The first-order valence-electron chi connectivity index (χ1n) is 4.28. The fourth-order valence-corrected chi connectivity index (χ4v) is 2.00. The normalized spacial score (nSPS) is 12.0. The molecule has 0 spiro atoms. The second-order valence-electron chi connectivity index (χ2n) is 3.22. The number of aromatic nitrogens is 1. The van der Waals surface area contributed by atoms with Crippen LogP contribution < -0.4 is 5.56 Å². The number of alkyl halides is 3. The van der Waals surface area contributed by atoms with Crippen LogP contribution in [0.3, 0.4) is 0 Å². The number of aromatic amines is 1. The van der Waals surface area contributed by atoms with Gasteiger partial charge < -0.3 is 4.98 Å². The number of benzene rings is 1. The molecule has 0 fully saturated rings. The summed E-state index contributed by atoms with van der Waals surface area (Å²) in [6.45, 7) is 0. The molecular weight excluding hydrogens is 334 g/mol. The van der Waals surface area contributed by atoms with E-state index in [1.54, 1.807) is 0 Å². The Bertz CT molecular complexity index is 603. The third kappa shape index (κ3) is 1.93. The number of rotatable bonds is 0. The van der Waals surface area contributed by atoms with Gasteiger partial charge in [0, 0.05) is 20.5 Å². The Morgan fingerprint density at radius 3 is 2.50 bits per heavy atom. The van der Waals surface area contributed by atoms with Crippen LogP contribution in [-0.4, -0.2) is 4.98 Å². The Balaban J connectivity index is 2.81. The monoisotopic (exact) mass is 339 g/mol. The molecule has 16 heavy (non-hydrogen) atoms. The van der Waals surface area contributed by atoms with Gasteiger partial charge in [0.1, 0.15) is 0 Å². The summed E-state index contributed by atoms with van der Waals surface area (Å²) < 4.78 is 38.0. The van der Waals surface area contributed by atoms with Crippen molar-refractivity contribution in [1.82, 2.24) is 4.98 Å². The van der Waals surface area contributed by atoms with E-state index in [0.717, 1.165) is 12.1 Å². The van der Waals surface area contributed by atoms with E-state index in [2.05, 4.69) is 4.98 Å². The molecule has 0 unspecified atom stereocenters. The number of halogens is 4.